The van der Waals surface area contributed by atoms with Gasteiger partial charge >= 0.3 is 6.18 Å². The Morgan fingerprint density at radius 1 is 0.944 bits per heavy atom. The van der Waals surface area contributed by atoms with Gasteiger partial charge < -0.3 is 10.2 Å². The van der Waals surface area contributed by atoms with E-state index in [4.69, 9.17) is 0 Å². The summed E-state index contributed by atoms with van der Waals surface area (Å²) in [5.41, 5.74) is 3.98. The molecule has 0 spiro atoms. The molecule has 0 fully saturated rings. The van der Waals surface area contributed by atoms with Crippen LogP contribution in [0.1, 0.15) is 27.2 Å². The van der Waals surface area contributed by atoms with Crippen molar-refractivity contribution in [3.8, 4) is 11.1 Å². The highest BCUT2D eigenvalue weighted by Crippen LogP contribution is 2.35. The molecule has 1 aromatic heterocycles. The standard InChI is InChI=1S/C29H24F3N3O/c30-29(31,32)22-10-12-25(20-6-2-1-3-7-20)26(18-22)28(36)34-24-11-9-21-13-16-35(27(21)19-24)17-14-23-8-4-5-15-33-23/h1-12,15,18-19H,13-14,16-17H2,(H,34,36). The Hall–Kier alpha value is -4.13. The van der Waals surface area contributed by atoms with E-state index in [1.807, 2.05) is 36.4 Å². The molecule has 0 radical (unpaired) electrons. The van der Waals surface area contributed by atoms with Gasteiger partial charge in [0, 0.05) is 48.3 Å². The minimum atomic E-state index is -4.55. The highest BCUT2D eigenvalue weighted by atomic mass is 19.4. The number of hydrogen-bond acceptors (Lipinski definition) is 3. The Bertz CT molecular complexity index is 1370. The molecule has 182 valence electrons. The smallest absolute Gasteiger partial charge is 0.371 e. The van der Waals surface area contributed by atoms with Gasteiger partial charge in [-0.3, -0.25) is 9.78 Å². The van der Waals surface area contributed by atoms with Gasteiger partial charge in [0.15, 0.2) is 0 Å². The van der Waals surface area contributed by atoms with Gasteiger partial charge in [0.05, 0.1) is 5.56 Å². The summed E-state index contributed by atoms with van der Waals surface area (Å²) in [6.45, 7) is 1.65. The van der Waals surface area contributed by atoms with Crippen molar-refractivity contribution in [3.05, 3.63) is 114 Å². The zero-order chi connectivity index (χ0) is 25.1. The van der Waals surface area contributed by atoms with E-state index in [0.29, 0.717) is 16.8 Å². The first kappa shape index (κ1) is 23.6. The molecule has 1 aliphatic heterocycles. The van der Waals surface area contributed by atoms with E-state index < -0.39 is 17.6 Å². The number of pyridine rings is 1. The lowest BCUT2D eigenvalue weighted by molar-refractivity contribution is -0.137. The molecule has 0 unspecified atom stereocenters. The maximum atomic E-state index is 13.4. The lowest BCUT2D eigenvalue weighted by atomic mass is 9.96. The van der Waals surface area contributed by atoms with Crippen LogP contribution in [0, 0.1) is 0 Å². The molecule has 1 N–H and O–H groups in total. The Balaban J connectivity index is 1.40. The number of halogens is 3. The van der Waals surface area contributed by atoms with E-state index in [2.05, 4.69) is 15.2 Å². The Kier molecular flexibility index (Phi) is 6.46. The van der Waals surface area contributed by atoms with E-state index in [-0.39, 0.29) is 5.56 Å². The summed E-state index contributed by atoms with van der Waals surface area (Å²) in [6, 6.07) is 23.7. The summed E-state index contributed by atoms with van der Waals surface area (Å²) in [5, 5.41) is 2.83. The first-order valence-electron chi connectivity index (χ1n) is 11.7. The van der Waals surface area contributed by atoms with Crippen LogP contribution in [0.3, 0.4) is 0 Å². The number of rotatable bonds is 6. The molecule has 5 rings (SSSR count). The SMILES string of the molecule is O=C(Nc1ccc2c(c1)N(CCc1ccccn1)CC2)c1cc(C(F)(F)F)ccc1-c1ccccc1. The van der Waals surface area contributed by atoms with Gasteiger partial charge in [0.25, 0.3) is 5.91 Å². The van der Waals surface area contributed by atoms with Crippen LogP contribution >= 0.6 is 0 Å². The number of benzene rings is 3. The second-order valence-electron chi connectivity index (χ2n) is 8.73. The van der Waals surface area contributed by atoms with Crippen LogP contribution in [0.4, 0.5) is 24.5 Å². The number of carbonyl (C=O) groups excluding carboxylic acids is 1. The number of alkyl halides is 3. The Labute approximate surface area is 207 Å². The molecule has 4 nitrogen and oxygen atoms in total. The van der Waals surface area contributed by atoms with Gasteiger partial charge in [0.2, 0.25) is 0 Å². The van der Waals surface area contributed by atoms with Gasteiger partial charge in [-0.15, -0.1) is 0 Å². The van der Waals surface area contributed by atoms with E-state index in [1.54, 1.807) is 36.5 Å². The van der Waals surface area contributed by atoms with Crippen molar-refractivity contribution in [1.82, 2.24) is 4.98 Å². The molecular weight excluding hydrogens is 463 g/mol. The minimum absolute atomic E-state index is 0.0245. The molecular formula is C29H24F3N3O. The average molecular weight is 488 g/mol. The minimum Gasteiger partial charge on any atom is -0.371 e. The highest BCUT2D eigenvalue weighted by Gasteiger charge is 2.32. The molecule has 0 saturated heterocycles. The predicted molar refractivity (Wildman–Crippen MR) is 135 cm³/mol. The van der Waals surface area contributed by atoms with Crippen molar-refractivity contribution in [2.24, 2.45) is 0 Å². The molecule has 0 aliphatic carbocycles. The van der Waals surface area contributed by atoms with Crippen molar-refractivity contribution in [2.75, 3.05) is 23.3 Å². The number of nitrogens with one attached hydrogen (secondary N) is 1. The van der Waals surface area contributed by atoms with Crippen molar-refractivity contribution < 1.29 is 18.0 Å². The molecule has 2 heterocycles. The largest absolute Gasteiger partial charge is 0.416 e. The number of carbonyl (C=O) groups is 1. The van der Waals surface area contributed by atoms with E-state index >= 15 is 0 Å². The zero-order valence-electron chi connectivity index (χ0n) is 19.4. The molecule has 0 bridgehead atoms. The van der Waals surface area contributed by atoms with Crippen molar-refractivity contribution in [1.29, 1.82) is 0 Å². The molecule has 4 aromatic rings. The fourth-order valence-electron chi connectivity index (χ4n) is 4.53. The van der Waals surface area contributed by atoms with E-state index in [1.165, 1.54) is 11.6 Å². The lowest BCUT2D eigenvalue weighted by Gasteiger charge is -2.20. The van der Waals surface area contributed by atoms with Crippen molar-refractivity contribution >= 4 is 17.3 Å². The first-order valence-corrected chi connectivity index (χ1v) is 11.7. The van der Waals surface area contributed by atoms with E-state index in [0.717, 1.165) is 49.4 Å². The second-order valence-corrected chi connectivity index (χ2v) is 8.73. The highest BCUT2D eigenvalue weighted by molar-refractivity contribution is 6.09. The molecule has 1 aliphatic rings. The average Bonchev–Trinajstić information content (AvgIpc) is 3.30. The third-order valence-electron chi connectivity index (χ3n) is 6.38. The third-order valence-corrected chi connectivity index (χ3v) is 6.38. The van der Waals surface area contributed by atoms with Crippen LogP contribution in [-0.4, -0.2) is 24.0 Å². The summed E-state index contributed by atoms with van der Waals surface area (Å²) >= 11 is 0. The molecule has 0 atom stereocenters. The van der Waals surface area contributed by atoms with Gasteiger partial charge in [-0.25, -0.2) is 0 Å². The van der Waals surface area contributed by atoms with Crippen LogP contribution in [0.25, 0.3) is 11.1 Å². The van der Waals surface area contributed by atoms with Gasteiger partial charge in [-0.05, 0) is 59.5 Å². The van der Waals surface area contributed by atoms with Crippen LogP contribution in [0.2, 0.25) is 0 Å². The van der Waals surface area contributed by atoms with E-state index in [9.17, 15) is 18.0 Å². The van der Waals surface area contributed by atoms with Crippen LogP contribution in [0.15, 0.2) is 91.1 Å². The topological polar surface area (TPSA) is 45.2 Å². The molecule has 1 amide bonds. The summed E-state index contributed by atoms with van der Waals surface area (Å²) in [5.74, 6) is -0.585. The number of hydrogen-bond donors (Lipinski definition) is 1. The van der Waals surface area contributed by atoms with Crippen molar-refractivity contribution in [3.63, 3.8) is 0 Å². The second kappa shape index (κ2) is 9.85. The fourth-order valence-corrected chi connectivity index (χ4v) is 4.53. The predicted octanol–water partition coefficient (Wildman–Crippen LogP) is 6.62. The maximum absolute atomic E-state index is 13.4. The summed E-state index contributed by atoms with van der Waals surface area (Å²) in [7, 11) is 0. The summed E-state index contributed by atoms with van der Waals surface area (Å²) in [6.07, 6.45) is -1.08. The number of anilines is 2. The maximum Gasteiger partial charge on any atom is 0.416 e. The monoisotopic (exact) mass is 487 g/mol. The lowest BCUT2D eigenvalue weighted by Crippen LogP contribution is -2.23. The number of aromatic nitrogens is 1. The zero-order valence-corrected chi connectivity index (χ0v) is 19.4. The molecule has 0 saturated carbocycles. The fraction of sp³-hybridized carbons (Fsp3) is 0.172. The van der Waals surface area contributed by atoms with Gasteiger partial charge in [0.1, 0.15) is 0 Å². The third kappa shape index (κ3) is 5.10. The molecule has 36 heavy (non-hydrogen) atoms. The summed E-state index contributed by atoms with van der Waals surface area (Å²) < 4.78 is 40.3. The first-order chi connectivity index (χ1) is 17.4. The summed E-state index contributed by atoms with van der Waals surface area (Å²) in [4.78, 5) is 19.9. The normalized spacial score (nSPS) is 12.9. The van der Waals surface area contributed by atoms with Gasteiger partial charge in [-0.2, -0.15) is 13.2 Å². The number of nitrogens with zero attached hydrogens (tertiary/aromatic N) is 2. The van der Waals surface area contributed by atoms with Gasteiger partial charge in [-0.1, -0.05) is 48.5 Å². The molecule has 3 aromatic carbocycles. The quantitative estimate of drug-likeness (QED) is 0.332. The van der Waals surface area contributed by atoms with Crippen LogP contribution in [0.5, 0.6) is 0 Å². The van der Waals surface area contributed by atoms with Crippen LogP contribution < -0.4 is 10.2 Å². The van der Waals surface area contributed by atoms with Crippen molar-refractivity contribution in [2.45, 2.75) is 19.0 Å². The Morgan fingerprint density at radius 3 is 2.50 bits per heavy atom. The van der Waals surface area contributed by atoms with Crippen LogP contribution in [-0.2, 0) is 19.0 Å². The molecule has 7 heteroatoms. The number of fused-ring (bicyclic) bond motifs is 1. The Morgan fingerprint density at radius 2 is 1.75 bits per heavy atom. The number of amides is 1.